The summed E-state index contributed by atoms with van der Waals surface area (Å²) in [6, 6.07) is 12.1. The summed E-state index contributed by atoms with van der Waals surface area (Å²) in [5, 5.41) is 50.0. The SMILES string of the molecule is O=C(NC[C@H](O)[C@@H](O)[C@H](O)[C@H](O)CO)c1cccc2c1C(=O)c1ccccc1C2. The van der Waals surface area contributed by atoms with Crippen LogP contribution in [0.3, 0.4) is 0 Å². The molecule has 0 saturated carbocycles. The fraction of sp³-hybridized carbons (Fsp3) is 0.333. The van der Waals surface area contributed by atoms with Crippen LogP contribution in [0.25, 0.3) is 0 Å². The van der Waals surface area contributed by atoms with Crippen molar-refractivity contribution in [2.45, 2.75) is 30.8 Å². The van der Waals surface area contributed by atoms with Crippen LogP contribution in [-0.2, 0) is 6.42 Å². The second-order valence-corrected chi connectivity index (χ2v) is 7.01. The van der Waals surface area contributed by atoms with Crippen molar-refractivity contribution in [3.63, 3.8) is 0 Å². The number of ketones is 1. The van der Waals surface area contributed by atoms with Gasteiger partial charge in [0.15, 0.2) is 5.78 Å². The monoisotopic (exact) mass is 401 g/mol. The van der Waals surface area contributed by atoms with E-state index in [4.69, 9.17) is 5.11 Å². The molecule has 3 rings (SSSR count). The van der Waals surface area contributed by atoms with E-state index in [1.165, 1.54) is 6.07 Å². The summed E-state index contributed by atoms with van der Waals surface area (Å²) in [6.45, 7) is -1.22. The Kier molecular flexibility index (Phi) is 6.41. The molecule has 0 aliphatic heterocycles. The summed E-state index contributed by atoms with van der Waals surface area (Å²) in [5.41, 5.74) is 2.60. The quantitative estimate of drug-likeness (QED) is 0.297. The van der Waals surface area contributed by atoms with Crippen molar-refractivity contribution >= 4 is 11.7 Å². The predicted octanol–water partition coefficient (Wildman–Crippen LogP) is -1.01. The standard InChI is InChI=1S/C21H23NO7/c23-10-16(25)20(28)19(27)15(24)9-22-21(29)14-7-3-5-12-8-11-4-1-2-6-13(11)18(26)17(12)14/h1-7,15-16,19-20,23-25,27-28H,8-10H2,(H,22,29)/t15-,16+,19+,20+/m0/s1. The third-order valence-electron chi connectivity index (χ3n) is 5.06. The highest BCUT2D eigenvalue weighted by Gasteiger charge is 2.31. The summed E-state index contributed by atoms with van der Waals surface area (Å²) in [4.78, 5) is 25.6. The van der Waals surface area contributed by atoms with Crippen LogP contribution < -0.4 is 5.32 Å². The lowest BCUT2D eigenvalue weighted by Gasteiger charge is -2.26. The van der Waals surface area contributed by atoms with Gasteiger partial charge < -0.3 is 30.8 Å². The van der Waals surface area contributed by atoms with Crippen molar-refractivity contribution in [2.24, 2.45) is 0 Å². The molecule has 1 aliphatic rings. The average Bonchev–Trinajstić information content (AvgIpc) is 2.75. The lowest BCUT2D eigenvalue weighted by atomic mass is 9.82. The molecule has 8 heteroatoms. The van der Waals surface area contributed by atoms with E-state index in [0.717, 1.165) is 11.1 Å². The number of aliphatic hydroxyl groups is 5. The number of hydrogen-bond acceptors (Lipinski definition) is 7. The first-order valence-corrected chi connectivity index (χ1v) is 9.21. The molecular formula is C21H23NO7. The maximum atomic E-state index is 12.9. The molecule has 1 amide bonds. The smallest absolute Gasteiger partial charge is 0.252 e. The Hall–Kier alpha value is -2.62. The third kappa shape index (κ3) is 4.21. The molecular weight excluding hydrogens is 378 g/mol. The van der Waals surface area contributed by atoms with E-state index in [1.807, 2.05) is 12.1 Å². The second-order valence-electron chi connectivity index (χ2n) is 7.01. The second kappa shape index (κ2) is 8.81. The summed E-state index contributed by atoms with van der Waals surface area (Å²) >= 11 is 0. The van der Waals surface area contributed by atoms with Crippen LogP contribution in [0.5, 0.6) is 0 Å². The van der Waals surface area contributed by atoms with Crippen LogP contribution in [0.2, 0.25) is 0 Å². The van der Waals surface area contributed by atoms with Gasteiger partial charge in [0.2, 0.25) is 0 Å². The van der Waals surface area contributed by atoms with Crippen molar-refractivity contribution in [3.05, 3.63) is 70.3 Å². The summed E-state index contributed by atoms with van der Waals surface area (Å²) in [6.07, 6.45) is -6.27. The zero-order valence-corrected chi connectivity index (χ0v) is 15.5. The zero-order valence-electron chi connectivity index (χ0n) is 15.5. The number of rotatable bonds is 7. The Balaban J connectivity index is 1.75. The van der Waals surface area contributed by atoms with Crippen LogP contribution >= 0.6 is 0 Å². The van der Waals surface area contributed by atoms with Crippen LogP contribution in [0.4, 0.5) is 0 Å². The fourth-order valence-electron chi connectivity index (χ4n) is 3.42. The number of hydrogen-bond donors (Lipinski definition) is 6. The van der Waals surface area contributed by atoms with E-state index in [9.17, 15) is 30.0 Å². The molecule has 29 heavy (non-hydrogen) atoms. The first-order chi connectivity index (χ1) is 13.8. The molecule has 2 aromatic carbocycles. The molecule has 0 aromatic heterocycles. The molecule has 1 aliphatic carbocycles. The first-order valence-electron chi connectivity index (χ1n) is 9.21. The molecule has 0 unspecified atom stereocenters. The van der Waals surface area contributed by atoms with Gasteiger partial charge in [0.1, 0.15) is 18.3 Å². The molecule has 0 fully saturated rings. The molecule has 154 valence electrons. The van der Waals surface area contributed by atoms with Gasteiger partial charge in [-0.15, -0.1) is 0 Å². The van der Waals surface area contributed by atoms with Crippen molar-refractivity contribution in [1.82, 2.24) is 5.32 Å². The van der Waals surface area contributed by atoms with Crippen molar-refractivity contribution < 1.29 is 35.1 Å². The number of carbonyl (C=O) groups excluding carboxylic acids is 2. The molecule has 0 spiro atoms. The lowest BCUT2D eigenvalue weighted by Crippen LogP contribution is -2.49. The topological polar surface area (TPSA) is 147 Å². The number of amides is 1. The van der Waals surface area contributed by atoms with E-state index in [1.54, 1.807) is 24.3 Å². The summed E-state index contributed by atoms with van der Waals surface area (Å²) in [7, 11) is 0. The Bertz CT molecular complexity index is 914. The molecule has 2 aromatic rings. The summed E-state index contributed by atoms with van der Waals surface area (Å²) < 4.78 is 0. The molecule has 6 N–H and O–H groups in total. The Labute approximate surface area is 167 Å². The van der Waals surface area contributed by atoms with Crippen LogP contribution in [-0.4, -0.2) is 74.8 Å². The van der Waals surface area contributed by atoms with Crippen molar-refractivity contribution in [2.75, 3.05) is 13.2 Å². The van der Waals surface area contributed by atoms with Gasteiger partial charge in [0, 0.05) is 17.7 Å². The van der Waals surface area contributed by atoms with Gasteiger partial charge in [-0.2, -0.15) is 0 Å². The first kappa shape index (κ1) is 21.1. The largest absolute Gasteiger partial charge is 0.394 e. The number of nitrogens with one attached hydrogen (secondary N) is 1. The molecule has 8 nitrogen and oxygen atoms in total. The normalized spacial score (nSPS) is 16.9. The van der Waals surface area contributed by atoms with Crippen LogP contribution in [0.15, 0.2) is 42.5 Å². The van der Waals surface area contributed by atoms with E-state index >= 15 is 0 Å². The Morgan fingerprint density at radius 3 is 2.31 bits per heavy atom. The van der Waals surface area contributed by atoms with Gasteiger partial charge in [-0.05, 0) is 23.6 Å². The summed E-state index contributed by atoms with van der Waals surface area (Å²) in [5.74, 6) is -0.868. The van der Waals surface area contributed by atoms with Gasteiger partial charge in [0.05, 0.1) is 18.3 Å². The zero-order chi connectivity index (χ0) is 21.1. The maximum absolute atomic E-state index is 12.9. The highest BCUT2D eigenvalue weighted by Crippen LogP contribution is 2.29. The van der Waals surface area contributed by atoms with E-state index in [0.29, 0.717) is 17.5 Å². The Morgan fingerprint density at radius 2 is 1.59 bits per heavy atom. The van der Waals surface area contributed by atoms with Gasteiger partial charge in [-0.1, -0.05) is 36.4 Å². The minimum atomic E-state index is -1.78. The molecule has 0 heterocycles. The van der Waals surface area contributed by atoms with Gasteiger partial charge in [0.25, 0.3) is 5.91 Å². The van der Waals surface area contributed by atoms with E-state index in [2.05, 4.69) is 5.32 Å². The van der Waals surface area contributed by atoms with Crippen LogP contribution in [0.1, 0.15) is 37.4 Å². The molecule has 0 saturated heterocycles. The average molecular weight is 401 g/mol. The Morgan fingerprint density at radius 1 is 0.931 bits per heavy atom. The van der Waals surface area contributed by atoms with Crippen molar-refractivity contribution in [3.8, 4) is 0 Å². The van der Waals surface area contributed by atoms with Gasteiger partial charge in [-0.25, -0.2) is 0 Å². The van der Waals surface area contributed by atoms with Crippen LogP contribution in [0, 0.1) is 0 Å². The van der Waals surface area contributed by atoms with Crippen molar-refractivity contribution in [1.29, 1.82) is 0 Å². The number of carbonyl (C=O) groups is 2. The minimum absolute atomic E-state index is 0.152. The van der Waals surface area contributed by atoms with E-state index < -0.39 is 43.5 Å². The number of aliphatic hydroxyl groups excluding tert-OH is 5. The predicted molar refractivity (Wildman–Crippen MR) is 103 cm³/mol. The van der Waals surface area contributed by atoms with E-state index in [-0.39, 0.29) is 11.3 Å². The third-order valence-corrected chi connectivity index (χ3v) is 5.06. The van der Waals surface area contributed by atoms with Gasteiger partial charge in [-0.3, -0.25) is 9.59 Å². The maximum Gasteiger partial charge on any atom is 0.252 e. The minimum Gasteiger partial charge on any atom is -0.394 e. The molecule has 0 bridgehead atoms. The number of benzene rings is 2. The molecule has 0 radical (unpaired) electrons. The van der Waals surface area contributed by atoms with Gasteiger partial charge >= 0.3 is 0 Å². The highest BCUT2D eigenvalue weighted by atomic mass is 16.4. The lowest BCUT2D eigenvalue weighted by molar-refractivity contribution is -0.113. The highest BCUT2D eigenvalue weighted by molar-refractivity contribution is 6.17. The molecule has 4 atom stereocenters. The fourth-order valence-corrected chi connectivity index (χ4v) is 3.42. The number of fused-ring (bicyclic) bond motifs is 2.